The molecular weight excluding hydrogens is 284 g/mol. The van der Waals surface area contributed by atoms with Gasteiger partial charge in [0.2, 0.25) is 0 Å². The number of hydrogen-bond donors (Lipinski definition) is 3. The summed E-state index contributed by atoms with van der Waals surface area (Å²) in [6.07, 6.45) is 0. The number of benzene rings is 3. The Morgan fingerprint density at radius 1 is 0.739 bits per heavy atom. The van der Waals surface area contributed by atoms with Gasteiger partial charge in [0.25, 0.3) is 0 Å². The Bertz CT molecular complexity index is 799. The number of anilines is 2. The highest BCUT2D eigenvalue weighted by Gasteiger charge is 2.08. The van der Waals surface area contributed by atoms with Crippen molar-refractivity contribution >= 4 is 11.4 Å². The zero-order chi connectivity index (χ0) is 16.1. The minimum Gasteiger partial charge on any atom is -0.508 e. The van der Waals surface area contributed by atoms with Gasteiger partial charge in [0.1, 0.15) is 5.75 Å². The van der Waals surface area contributed by atoms with Crippen molar-refractivity contribution in [3.05, 3.63) is 78.4 Å². The molecule has 3 nitrogen and oxygen atoms in total. The highest BCUT2D eigenvalue weighted by Crippen LogP contribution is 2.33. The second kappa shape index (κ2) is 6.88. The van der Waals surface area contributed by atoms with Crippen LogP contribution in [0, 0.1) is 0 Å². The van der Waals surface area contributed by atoms with Crippen LogP contribution in [-0.4, -0.2) is 12.2 Å². The van der Waals surface area contributed by atoms with Gasteiger partial charge < -0.3 is 15.7 Å². The molecule has 0 heterocycles. The highest BCUT2D eigenvalue weighted by atomic mass is 16.3. The van der Waals surface area contributed by atoms with Crippen LogP contribution >= 0.6 is 0 Å². The third kappa shape index (κ3) is 3.29. The molecule has 0 unspecified atom stereocenters. The molecule has 3 aromatic carbocycles. The molecule has 0 atom stereocenters. The molecule has 0 spiro atoms. The third-order valence-electron chi connectivity index (χ3n) is 3.87. The smallest absolute Gasteiger partial charge is 0.120 e. The summed E-state index contributed by atoms with van der Waals surface area (Å²) in [5.41, 5.74) is 5.29. The molecule has 0 amide bonds. The third-order valence-corrected chi connectivity index (χ3v) is 3.87. The molecule has 116 valence electrons. The van der Waals surface area contributed by atoms with E-state index in [1.165, 1.54) is 0 Å². The quantitative estimate of drug-likeness (QED) is 0.639. The minimum absolute atomic E-state index is 0.313. The zero-order valence-corrected chi connectivity index (χ0v) is 13.1. The van der Waals surface area contributed by atoms with Crippen LogP contribution in [0.4, 0.5) is 11.4 Å². The van der Waals surface area contributed by atoms with E-state index in [0.29, 0.717) is 12.3 Å². The molecule has 0 aromatic heterocycles. The highest BCUT2D eigenvalue weighted by molar-refractivity contribution is 5.86. The van der Waals surface area contributed by atoms with Crippen molar-refractivity contribution in [1.82, 2.24) is 0 Å². The van der Waals surface area contributed by atoms with E-state index in [-0.39, 0.29) is 0 Å². The van der Waals surface area contributed by atoms with Crippen molar-refractivity contribution < 1.29 is 5.11 Å². The van der Waals surface area contributed by atoms with Crippen LogP contribution in [0.5, 0.6) is 5.75 Å². The Labute approximate surface area is 136 Å². The number of phenols is 1. The molecular formula is C20H20N2O. The predicted molar refractivity (Wildman–Crippen MR) is 96.9 cm³/mol. The second-order valence-electron chi connectivity index (χ2n) is 5.32. The van der Waals surface area contributed by atoms with E-state index in [2.05, 4.69) is 34.9 Å². The molecule has 0 aliphatic carbocycles. The standard InChI is InChI=1S/C20H20N2O/c1-21-18-11-5-3-9-16(18)17-10-4-6-12-19(17)22-14-15-8-2-7-13-20(15)23/h2-13,21-23H,14H2,1H3. The van der Waals surface area contributed by atoms with Gasteiger partial charge in [0.15, 0.2) is 0 Å². The maximum absolute atomic E-state index is 9.91. The minimum atomic E-state index is 0.313. The molecule has 0 saturated carbocycles. The van der Waals surface area contributed by atoms with Crippen molar-refractivity contribution in [2.75, 3.05) is 17.7 Å². The van der Waals surface area contributed by atoms with Crippen LogP contribution in [0.15, 0.2) is 72.8 Å². The molecule has 0 saturated heterocycles. The topological polar surface area (TPSA) is 44.3 Å². The van der Waals surface area contributed by atoms with Gasteiger partial charge >= 0.3 is 0 Å². The van der Waals surface area contributed by atoms with Gasteiger partial charge in [0.05, 0.1) is 0 Å². The van der Waals surface area contributed by atoms with Crippen LogP contribution in [0.3, 0.4) is 0 Å². The maximum Gasteiger partial charge on any atom is 0.120 e. The monoisotopic (exact) mass is 304 g/mol. The summed E-state index contributed by atoms with van der Waals surface area (Å²) in [5.74, 6) is 0.313. The summed E-state index contributed by atoms with van der Waals surface area (Å²) in [6.45, 7) is 0.575. The second-order valence-corrected chi connectivity index (χ2v) is 5.32. The van der Waals surface area contributed by atoms with Crippen LogP contribution < -0.4 is 10.6 Å². The zero-order valence-electron chi connectivity index (χ0n) is 13.1. The van der Waals surface area contributed by atoms with Gasteiger partial charge in [-0.25, -0.2) is 0 Å². The van der Waals surface area contributed by atoms with Crippen molar-refractivity contribution in [1.29, 1.82) is 0 Å². The number of aromatic hydroxyl groups is 1. The summed E-state index contributed by atoms with van der Waals surface area (Å²) in [7, 11) is 1.93. The Balaban J connectivity index is 1.91. The van der Waals surface area contributed by atoms with Crippen molar-refractivity contribution in [3.8, 4) is 16.9 Å². The summed E-state index contributed by atoms with van der Waals surface area (Å²) in [5, 5.41) is 16.6. The lowest BCUT2D eigenvalue weighted by molar-refractivity contribution is 0.469. The first-order chi connectivity index (χ1) is 11.3. The van der Waals surface area contributed by atoms with Gasteiger partial charge in [-0.05, 0) is 18.2 Å². The fourth-order valence-electron chi connectivity index (χ4n) is 2.66. The normalized spacial score (nSPS) is 10.3. The van der Waals surface area contributed by atoms with Gasteiger partial charge in [-0.15, -0.1) is 0 Å². The van der Waals surface area contributed by atoms with E-state index in [1.54, 1.807) is 6.07 Å². The molecule has 3 rings (SSSR count). The Morgan fingerprint density at radius 2 is 1.30 bits per heavy atom. The van der Waals surface area contributed by atoms with Gasteiger partial charge in [-0.3, -0.25) is 0 Å². The summed E-state index contributed by atoms with van der Waals surface area (Å²) < 4.78 is 0. The van der Waals surface area contributed by atoms with E-state index in [1.807, 2.05) is 49.5 Å². The first-order valence-electron chi connectivity index (χ1n) is 7.66. The predicted octanol–water partition coefficient (Wildman–Crippen LogP) is 4.71. The van der Waals surface area contributed by atoms with Crippen molar-refractivity contribution in [2.45, 2.75) is 6.54 Å². The first kappa shape index (κ1) is 15.0. The van der Waals surface area contributed by atoms with Gasteiger partial charge in [-0.1, -0.05) is 54.6 Å². The molecule has 0 aliphatic heterocycles. The molecule has 0 fully saturated rings. The first-order valence-corrected chi connectivity index (χ1v) is 7.66. The lowest BCUT2D eigenvalue weighted by atomic mass is 10.0. The van der Waals surface area contributed by atoms with Crippen molar-refractivity contribution in [2.24, 2.45) is 0 Å². The Hall–Kier alpha value is -2.94. The number of phenolic OH excluding ortho intramolecular Hbond substituents is 1. The van der Waals surface area contributed by atoms with Crippen molar-refractivity contribution in [3.63, 3.8) is 0 Å². The average Bonchev–Trinajstić information content (AvgIpc) is 2.61. The lowest BCUT2D eigenvalue weighted by Crippen LogP contribution is -2.02. The fraction of sp³-hybridized carbons (Fsp3) is 0.100. The Kier molecular flexibility index (Phi) is 4.48. The maximum atomic E-state index is 9.91. The summed E-state index contributed by atoms with van der Waals surface area (Å²) in [4.78, 5) is 0. The molecule has 3 N–H and O–H groups in total. The molecule has 3 aromatic rings. The molecule has 0 bridgehead atoms. The summed E-state index contributed by atoms with van der Waals surface area (Å²) >= 11 is 0. The van der Waals surface area contributed by atoms with Crippen LogP contribution in [0.1, 0.15) is 5.56 Å². The Morgan fingerprint density at radius 3 is 2.00 bits per heavy atom. The molecule has 0 radical (unpaired) electrons. The van der Waals surface area contributed by atoms with Crippen LogP contribution in [0.2, 0.25) is 0 Å². The fourth-order valence-corrected chi connectivity index (χ4v) is 2.66. The van der Waals surface area contributed by atoms with E-state index in [4.69, 9.17) is 0 Å². The van der Waals surface area contributed by atoms with E-state index in [9.17, 15) is 5.11 Å². The largest absolute Gasteiger partial charge is 0.508 e. The number of para-hydroxylation sites is 3. The van der Waals surface area contributed by atoms with E-state index >= 15 is 0 Å². The van der Waals surface area contributed by atoms with E-state index in [0.717, 1.165) is 28.1 Å². The van der Waals surface area contributed by atoms with Crippen LogP contribution in [0.25, 0.3) is 11.1 Å². The van der Waals surface area contributed by atoms with Crippen LogP contribution in [-0.2, 0) is 6.54 Å². The SMILES string of the molecule is CNc1ccccc1-c1ccccc1NCc1ccccc1O. The molecule has 23 heavy (non-hydrogen) atoms. The number of hydrogen-bond acceptors (Lipinski definition) is 3. The van der Waals surface area contributed by atoms with Gasteiger partial charge in [-0.2, -0.15) is 0 Å². The average molecular weight is 304 g/mol. The lowest BCUT2D eigenvalue weighted by Gasteiger charge is -2.15. The van der Waals surface area contributed by atoms with Gasteiger partial charge in [0, 0.05) is 41.7 Å². The number of rotatable bonds is 5. The van der Waals surface area contributed by atoms with E-state index < -0.39 is 0 Å². The summed E-state index contributed by atoms with van der Waals surface area (Å²) in [6, 6.07) is 23.8. The molecule has 3 heteroatoms. The molecule has 0 aliphatic rings. The number of nitrogens with one attached hydrogen (secondary N) is 2.